The van der Waals surface area contributed by atoms with Crippen molar-refractivity contribution in [3.63, 3.8) is 0 Å². The Labute approximate surface area is 164 Å². The van der Waals surface area contributed by atoms with Gasteiger partial charge >= 0.3 is 0 Å². The summed E-state index contributed by atoms with van der Waals surface area (Å²) in [5.41, 5.74) is 3.90. The van der Waals surface area contributed by atoms with Crippen molar-refractivity contribution in [1.82, 2.24) is 10.1 Å². The van der Waals surface area contributed by atoms with Gasteiger partial charge in [-0.1, -0.05) is 28.9 Å². The molecule has 0 atom stereocenters. The van der Waals surface area contributed by atoms with E-state index in [0.717, 1.165) is 16.7 Å². The molecule has 0 spiro atoms. The number of benzene rings is 1. The standard InChI is InChI=1S/C20H14ClN3O2S/c21-16-3-1-2-15(11-16)19-18(14-4-7-22-8-5-14)20(26-24-19)23-17(25)10-13-6-9-27-12-13/h1-9,11-12H,10H2,(H,23,25). The lowest BCUT2D eigenvalue weighted by atomic mass is 10.0. The van der Waals surface area contributed by atoms with Gasteiger partial charge in [-0.15, -0.1) is 0 Å². The normalized spacial score (nSPS) is 10.7. The maximum Gasteiger partial charge on any atom is 0.239 e. The molecule has 0 aliphatic carbocycles. The molecule has 4 rings (SSSR count). The Kier molecular flexibility index (Phi) is 5.00. The van der Waals surface area contributed by atoms with Gasteiger partial charge < -0.3 is 4.52 Å². The highest BCUT2D eigenvalue weighted by molar-refractivity contribution is 7.08. The Hall–Kier alpha value is -2.96. The van der Waals surface area contributed by atoms with Crippen LogP contribution in [-0.4, -0.2) is 16.0 Å². The van der Waals surface area contributed by atoms with E-state index in [1.807, 2.05) is 41.1 Å². The highest BCUT2D eigenvalue weighted by atomic mass is 35.5. The number of hydrogen-bond donors (Lipinski definition) is 1. The van der Waals surface area contributed by atoms with Crippen LogP contribution in [0.4, 0.5) is 5.88 Å². The molecule has 0 radical (unpaired) electrons. The first-order valence-corrected chi connectivity index (χ1v) is 9.50. The highest BCUT2D eigenvalue weighted by Gasteiger charge is 2.21. The molecule has 4 aromatic rings. The summed E-state index contributed by atoms with van der Waals surface area (Å²) in [6, 6.07) is 12.9. The van der Waals surface area contributed by atoms with E-state index in [2.05, 4.69) is 15.5 Å². The van der Waals surface area contributed by atoms with E-state index < -0.39 is 0 Å². The monoisotopic (exact) mass is 395 g/mol. The average Bonchev–Trinajstić information content (AvgIpc) is 3.32. The molecule has 7 heteroatoms. The van der Waals surface area contributed by atoms with E-state index >= 15 is 0 Å². The average molecular weight is 396 g/mol. The molecule has 1 amide bonds. The number of carbonyl (C=O) groups excluding carboxylic acids is 1. The molecule has 0 saturated carbocycles. The minimum Gasteiger partial charge on any atom is -0.337 e. The molecule has 5 nitrogen and oxygen atoms in total. The van der Waals surface area contributed by atoms with Crippen LogP contribution in [-0.2, 0) is 11.2 Å². The summed E-state index contributed by atoms with van der Waals surface area (Å²) < 4.78 is 5.49. The summed E-state index contributed by atoms with van der Waals surface area (Å²) >= 11 is 7.68. The van der Waals surface area contributed by atoms with Gasteiger partial charge in [0.05, 0.1) is 12.0 Å². The summed E-state index contributed by atoms with van der Waals surface area (Å²) in [5, 5.41) is 11.5. The van der Waals surface area contributed by atoms with E-state index in [1.165, 1.54) is 0 Å². The van der Waals surface area contributed by atoms with E-state index in [1.54, 1.807) is 35.9 Å². The zero-order valence-electron chi connectivity index (χ0n) is 14.1. The lowest BCUT2D eigenvalue weighted by molar-refractivity contribution is -0.115. The number of anilines is 1. The van der Waals surface area contributed by atoms with Crippen LogP contribution in [0.3, 0.4) is 0 Å². The molecule has 0 unspecified atom stereocenters. The fourth-order valence-electron chi connectivity index (χ4n) is 2.74. The van der Waals surface area contributed by atoms with Crippen molar-refractivity contribution < 1.29 is 9.32 Å². The Morgan fingerprint density at radius 1 is 1.15 bits per heavy atom. The number of aromatic nitrogens is 2. The number of carbonyl (C=O) groups is 1. The molecule has 0 aliphatic rings. The number of nitrogens with zero attached hydrogens (tertiary/aromatic N) is 2. The Morgan fingerprint density at radius 3 is 2.74 bits per heavy atom. The molecule has 0 aliphatic heterocycles. The smallest absolute Gasteiger partial charge is 0.239 e. The summed E-state index contributed by atoms with van der Waals surface area (Å²) in [6.45, 7) is 0. The predicted molar refractivity (Wildman–Crippen MR) is 107 cm³/mol. The van der Waals surface area contributed by atoms with Gasteiger partial charge in [0, 0.05) is 23.0 Å². The first kappa shape index (κ1) is 17.5. The lowest BCUT2D eigenvalue weighted by Crippen LogP contribution is -2.14. The van der Waals surface area contributed by atoms with Gasteiger partial charge in [-0.2, -0.15) is 11.3 Å². The SMILES string of the molecule is O=C(Cc1ccsc1)Nc1onc(-c2cccc(Cl)c2)c1-c1ccncc1. The summed E-state index contributed by atoms with van der Waals surface area (Å²) in [5.74, 6) is 0.133. The first-order valence-electron chi connectivity index (χ1n) is 8.17. The molecule has 3 heterocycles. The molecular weight excluding hydrogens is 382 g/mol. The molecule has 3 aromatic heterocycles. The molecule has 1 aromatic carbocycles. The van der Waals surface area contributed by atoms with Gasteiger partial charge in [-0.25, -0.2) is 0 Å². The third-order valence-corrected chi connectivity index (χ3v) is 4.92. The zero-order chi connectivity index (χ0) is 18.6. The van der Waals surface area contributed by atoms with Crippen LogP contribution in [0.1, 0.15) is 5.56 Å². The maximum atomic E-state index is 12.4. The molecule has 0 bridgehead atoms. The van der Waals surface area contributed by atoms with Gasteiger partial charge in [0.25, 0.3) is 0 Å². The van der Waals surface area contributed by atoms with Crippen molar-refractivity contribution in [2.45, 2.75) is 6.42 Å². The summed E-state index contributed by atoms with van der Waals surface area (Å²) in [7, 11) is 0. The van der Waals surface area contributed by atoms with Crippen molar-refractivity contribution in [1.29, 1.82) is 0 Å². The Balaban J connectivity index is 1.72. The first-order chi connectivity index (χ1) is 13.2. The third kappa shape index (κ3) is 3.92. The number of nitrogens with one attached hydrogen (secondary N) is 1. The second-order valence-corrected chi connectivity index (χ2v) is 7.05. The van der Waals surface area contributed by atoms with Crippen molar-refractivity contribution >= 4 is 34.7 Å². The van der Waals surface area contributed by atoms with Crippen LogP contribution in [0.25, 0.3) is 22.4 Å². The van der Waals surface area contributed by atoms with Crippen LogP contribution >= 0.6 is 22.9 Å². The largest absolute Gasteiger partial charge is 0.337 e. The summed E-state index contributed by atoms with van der Waals surface area (Å²) in [4.78, 5) is 16.5. The van der Waals surface area contributed by atoms with Crippen molar-refractivity contribution in [3.8, 4) is 22.4 Å². The van der Waals surface area contributed by atoms with Crippen LogP contribution < -0.4 is 5.32 Å². The number of amides is 1. The minimum atomic E-state index is -0.169. The maximum absolute atomic E-state index is 12.4. The van der Waals surface area contributed by atoms with Gasteiger partial charge in [0.2, 0.25) is 11.8 Å². The fraction of sp³-hybridized carbons (Fsp3) is 0.0500. The zero-order valence-corrected chi connectivity index (χ0v) is 15.6. The quantitative estimate of drug-likeness (QED) is 0.498. The Morgan fingerprint density at radius 2 is 2.00 bits per heavy atom. The van der Waals surface area contributed by atoms with Gasteiger partial charge in [0.15, 0.2) is 0 Å². The second-order valence-electron chi connectivity index (χ2n) is 5.84. The van der Waals surface area contributed by atoms with Crippen LogP contribution in [0.15, 0.2) is 70.1 Å². The van der Waals surface area contributed by atoms with E-state index in [-0.39, 0.29) is 12.3 Å². The Bertz CT molecular complexity index is 1060. The molecule has 0 fully saturated rings. The van der Waals surface area contributed by atoms with E-state index in [0.29, 0.717) is 22.2 Å². The van der Waals surface area contributed by atoms with Gasteiger partial charge in [0.1, 0.15) is 5.69 Å². The van der Waals surface area contributed by atoms with Crippen LogP contribution in [0.5, 0.6) is 0 Å². The van der Waals surface area contributed by atoms with E-state index in [4.69, 9.17) is 16.1 Å². The molecule has 134 valence electrons. The molecule has 0 saturated heterocycles. The fourth-order valence-corrected chi connectivity index (χ4v) is 3.60. The number of hydrogen-bond acceptors (Lipinski definition) is 5. The minimum absolute atomic E-state index is 0.169. The number of halogens is 1. The third-order valence-electron chi connectivity index (χ3n) is 3.96. The topological polar surface area (TPSA) is 68.0 Å². The predicted octanol–water partition coefficient (Wildman–Crippen LogP) is 5.30. The second kappa shape index (κ2) is 7.73. The number of pyridine rings is 1. The molecule has 1 N–H and O–H groups in total. The number of rotatable bonds is 5. The summed E-state index contributed by atoms with van der Waals surface area (Å²) in [6.07, 6.45) is 3.63. The van der Waals surface area contributed by atoms with Crippen molar-refractivity contribution in [2.24, 2.45) is 0 Å². The van der Waals surface area contributed by atoms with E-state index in [9.17, 15) is 4.79 Å². The van der Waals surface area contributed by atoms with Crippen molar-refractivity contribution in [3.05, 3.63) is 76.2 Å². The van der Waals surface area contributed by atoms with Crippen LogP contribution in [0, 0.1) is 0 Å². The van der Waals surface area contributed by atoms with Crippen LogP contribution in [0.2, 0.25) is 5.02 Å². The van der Waals surface area contributed by atoms with Crippen molar-refractivity contribution in [2.75, 3.05) is 5.32 Å². The molecule has 27 heavy (non-hydrogen) atoms. The lowest BCUT2D eigenvalue weighted by Gasteiger charge is -2.06. The number of thiophene rings is 1. The van der Waals surface area contributed by atoms with Gasteiger partial charge in [-0.05, 0) is 52.2 Å². The molecular formula is C20H14ClN3O2S. The van der Waals surface area contributed by atoms with Gasteiger partial charge in [-0.3, -0.25) is 15.1 Å². The highest BCUT2D eigenvalue weighted by Crippen LogP contribution is 2.38.